The summed E-state index contributed by atoms with van der Waals surface area (Å²) in [5.41, 5.74) is 2.56. The van der Waals surface area contributed by atoms with Gasteiger partial charge in [-0.3, -0.25) is 0 Å². The molecule has 0 aromatic heterocycles. The molecule has 2 N–H and O–H groups in total. The number of hydrogen-bond donors (Lipinski definition) is 2. The second-order valence-corrected chi connectivity index (χ2v) is 9.06. The lowest BCUT2D eigenvalue weighted by Gasteiger charge is -2.34. The summed E-state index contributed by atoms with van der Waals surface area (Å²) in [5.74, 6) is -0.392. The first-order valence-corrected chi connectivity index (χ1v) is 11.2. The van der Waals surface area contributed by atoms with Crippen LogP contribution in [0, 0.1) is 5.92 Å². The Labute approximate surface area is 186 Å². The molecule has 2 bridgehead atoms. The summed E-state index contributed by atoms with van der Waals surface area (Å²) >= 11 is 0. The number of esters is 1. The SMILES string of the molecule is CC[C@H](/C=C(/C)C1C[C@@H](OC)C[C@H](O)C(C)(C)c2cccc(c2)CC=CC(=O)O1)CO. The van der Waals surface area contributed by atoms with Gasteiger partial charge in [0.15, 0.2) is 0 Å². The molecule has 5 nitrogen and oxygen atoms in total. The van der Waals surface area contributed by atoms with E-state index in [2.05, 4.69) is 6.07 Å². The van der Waals surface area contributed by atoms with Gasteiger partial charge in [0.25, 0.3) is 0 Å². The normalized spacial score (nSPS) is 26.1. The van der Waals surface area contributed by atoms with E-state index in [1.807, 2.05) is 58.0 Å². The zero-order valence-electron chi connectivity index (χ0n) is 19.5. The molecule has 0 fully saturated rings. The lowest BCUT2D eigenvalue weighted by Crippen LogP contribution is -2.38. The van der Waals surface area contributed by atoms with E-state index < -0.39 is 23.6 Å². The van der Waals surface area contributed by atoms with Crippen LogP contribution in [0.2, 0.25) is 0 Å². The fourth-order valence-electron chi connectivity index (χ4n) is 3.94. The minimum absolute atomic E-state index is 0.0119. The Balaban J connectivity index is 2.40. The molecule has 0 saturated heterocycles. The molecule has 1 unspecified atom stereocenters. The zero-order chi connectivity index (χ0) is 23.0. The summed E-state index contributed by atoms with van der Waals surface area (Å²) in [7, 11) is 1.62. The average molecular weight is 431 g/mol. The highest BCUT2D eigenvalue weighted by Gasteiger charge is 2.33. The van der Waals surface area contributed by atoms with Gasteiger partial charge in [0.1, 0.15) is 6.10 Å². The van der Waals surface area contributed by atoms with E-state index >= 15 is 0 Å². The van der Waals surface area contributed by atoms with Gasteiger partial charge in [0.2, 0.25) is 0 Å². The highest BCUT2D eigenvalue weighted by molar-refractivity contribution is 5.82. The molecule has 4 atom stereocenters. The second kappa shape index (κ2) is 11.6. The van der Waals surface area contributed by atoms with Crippen LogP contribution in [0.5, 0.6) is 0 Å². The van der Waals surface area contributed by atoms with Crippen molar-refractivity contribution in [2.75, 3.05) is 13.7 Å². The lowest BCUT2D eigenvalue weighted by atomic mass is 9.76. The van der Waals surface area contributed by atoms with Gasteiger partial charge in [0, 0.05) is 44.0 Å². The number of aliphatic hydroxyl groups is 2. The molecule has 0 saturated carbocycles. The molecule has 0 amide bonds. The van der Waals surface area contributed by atoms with E-state index in [4.69, 9.17) is 9.47 Å². The summed E-state index contributed by atoms with van der Waals surface area (Å²) in [4.78, 5) is 12.5. The van der Waals surface area contributed by atoms with Crippen LogP contribution in [0.15, 0.2) is 48.1 Å². The molecule has 0 aliphatic carbocycles. The van der Waals surface area contributed by atoms with E-state index in [0.29, 0.717) is 19.3 Å². The summed E-state index contributed by atoms with van der Waals surface area (Å²) < 4.78 is 11.5. The van der Waals surface area contributed by atoms with Crippen LogP contribution in [-0.2, 0) is 26.1 Å². The van der Waals surface area contributed by atoms with E-state index in [0.717, 1.165) is 23.1 Å². The Kier molecular flexibility index (Phi) is 9.48. The quantitative estimate of drug-likeness (QED) is 0.543. The van der Waals surface area contributed by atoms with Gasteiger partial charge in [-0.2, -0.15) is 0 Å². The maximum Gasteiger partial charge on any atom is 0.331 e. The van der Waals surface area contributed by atoms with Gasteiger partial charge in [-0.1, -0.05) is 57.2 Å². The van der Waals surface area contributed by atoms with Crippen molar-refractivity contribution in [3.63, 3.8) is 0 Å². The molecular weight excluding hydrogens is 392 g/mol. The lowest BCUT2D eigenvalue weighted by molar-refractivity contribution is -0.143. The van der Waals surface area contributed by atoms with Crippen LogP contribution in [-0.4, -0.2) is 48.2 Å². The van der Waals surface area contributed by atoms with E-state index in [1.54, 1.807) is 7.11 Å². The number of methoxy groups -OCH3 is 1. The Morgan fingerprint density at radius 3 is 2.74 bits per heavy atom. The molecule has 1 heterocycles. The number of rotatable bonds is 5. The summed E-state index contributed by atoms with van der Waals surface area (Å²) in [6, 6.07) is 8.12. The van der Waals surface area contributed by atoms with Crippen molar-refractivity contribution in [1.82, 2.24) is 0 Å². The van der Waals surface area contributed by atoms with Crippen molar-refractivity contribution in [2.24, 2.45) is 5.92 Å². The Hall–Kier alpha value is -1.95. The number of carbonyl (C=O) groups excluding carboxylic acids is 1. The first kappa shape index (κ1) is 25.3. The van der Waals surface area contributed by atoms with Gasteiger partial charge in [-0.25, -0.2) is 4.79 Å². The van der Waals surface area contributed by atoms with Crippen LogP contribution in [0.3, 0.4) is 0 Å². The topological polar surface area (TPSA) is 76.0 Å². The van der Waals surface area contributed by atoms with E-state index in [9.17, 15) is 15.0 Å². The number of ether oxygens (including phenoxy) is 2. The van der Waals surface area contributed by atoms with Gasteiger partial charge in [-0.15, -0.1) is 0 Å². The molecule has 31 heavy (non-hydrogen) atoms. The maximum absolute atomic E-state index is 12.5. The standard InChI is InChI=1S/C26H38O5/c1-6-19(17-27)13-18(2)23-15-22(30-5)16-24(28)26(3,4)21-11-7-9-20(14-21)10-8-12-25(29)31-23/h7-9,11-14,19,22-24,27-28H,6,10,15-17H2,1-5H3/b12-8?,18-13-/t19-,22-,23?,24+/m1/s1. The molecule has 1 aromatic carbocycles. The highest BCUT2D eigenvalue weighted by Crippen LogP contribution is 2.32. The molecule has 1 aliphatic rings. The first-order valence-electron chi connectivity index (χ1n) is 11.2. The molecular formula is C26H38O5. The average Bonchev–Trinajstić information content (AvgIpc) is 2.75. The number of hydrogen-bond acceptors (Lipinski definition) is 5. The second-order valence-electron chi connectivity index (χ2n) is 9.06. The highest BCUT2D eigenvalue weighted by atomic mass is 16.5. The molecule has 1 aromatic rings. The predicted molar refractivity (Wildman–Crippen MR) is 123 cm³/mol. The third-order valence-electron chi connectivity index (χ3n) is 6.43. The smallest absolute Gasteiger partial charge is 0.331 e. The first-order chi connectivity index (χ1) is 14.7. The number of carbonyl (C=O) groups is 1. The van der Waals surface area contributed by atoms with E-state index in [1.165, 1.54) is 6.08 Å². The molecule has 0 spiro atoms. The van der Waals surface area contributed by atoms with Gasteiger partial charge >= 0.3 is 5.97 Å². The van der Waals surface area contributed by atoms with Crippen LogP contribution in [0.4, 0.5) is 0 Å². The number of benzene rings is 1. The molecule has 172 valence electrons. The van der Waals surface area contributed by atoms with Crippen molar-refractivity contribution in [1.29, 1.82) is 0 Å². The van der Waals surface area contributed by atoms with Gasteiger partial charge in [-0.05, 0) is 36.5 Å². The third kappa shape index (κ3) is 7.03. The number of fused-ring (bicyclic) bond motifs is 2. The minimum Gasteiger partial charge on any atom is -0.455 e. The summed E-state index contributed by atoms with van der Waals surface area (Å²) in [5, 5.41) is 20.7. The number of aliphatic hydroxyl groups excluding tert-OH is 2. The van der Waals surface area contributed by atoms with Crippen LogP contribution in [0.25, 0.3) is 0 Å². The third-order valence-corrected chi connectivity index (χ3v) is 6.43. The van der Waals surface area contributed by atoms with E-state index in [-0.39, 0.29) is 18.6 Å². The zero-order valence-corrected chi connectivity index (χ0v) is 19.5. The van der Waals surface area contributed by atoms with Crippen LogP contribution < -0.4 is 0 Å². The molecule has 2 rings (SSSR count). The van der Waals surface area contributed by atoms with Crippen LogP contribution >= 0.6 is 0 Å². The fourth-order valence-corrected chi connectivity index (χ4v) is 3.94. The molecule has 0 radical (unpaired) electrons. The molecule has 5 heteroatoms. The van der Waals surface area contributed by atoms with Crippen LogP contribution in [0.1, 0.15) is 58.1 Å². The largest absolute Gasteiger partial charge is 0.455 e. The monoisotopic (exact) mass is 430 g/mol. The van der Waals surface area contributed by atoms with Gasteiger partial charge < -0.3 is 19.7 Å². The van der Waals surface area contributed by atoms with Gasteiger partial charge in [0.05, 0.1) is 12.2 Å². The summed E-state index contributed by atoms with van der Waals surface area (Å²) in [6.07, 6.45) is 6.11. The Bertz CT molecular complexity index is 776. The van der Waals surface area contributed by atoms with Crippen molar-refractivity contribution in [3.05, 3.63) is 59.2 Å². The minimum atomic E-state index is -0.632. The molecule has 1 aliphatic heterocycles. The summed E-state index contributed by atoms with van der Waals surface area (Å²) in [6.45, 7) is 8.06. The van der Waals surface area contributed by atoms with Crippen molar-refractivity contribution in [2.45, 2.75) is 77.1 Å². The number of cyclic esters (lactones) is 1. The fraction of sp³-hybridized carbons (Fsp3) is 0.577. The Morgan fingerprint density at radius 2 is 2.10 bits per heavy atom. The van der Waals surface area contributed by atoms with Crippen molar-refractivity contribution >= 4 is 5.97 Å². The van der Waals surface area contributed by atoms with Crippen molar-refractivity contribution < 1.29 is 24.5 Å². The predicted octanol–water partition coefficient (Wildman–Crippen LogP) is 4.11. The number of allylic oxidation sites excluding steroid dienone is 1. The maximum atomic E-state index is 12.5. The van der Waals surface area contributed by atoms with Crippen molar-refractivity contribution in [3.8, 4) is 0 Å². The Morgan fingerprint density at radius 1 is 1.35 bits per heavy atom.